The molecule has 0 saturated carbocycles. The summed E-state index contributed by atoms with van der Waals surface area (Å²) in [5.41, 5.74) is 1.22. The maximum atomic E-state index is 5.40. The van der Waals surface area contributed by atoms with E-state index in [1.807, 2.05) is 12.1 Å². The fourth-order valence-electron chi connectivity index (χ4n) is 3.30. The van der Waals surface area contributed by atoms with E-state index in [0.29, 0.717) is 5.92 Å². The highest BCUT2D eigenvalue weighted by Gasteiger charge is 2.19. The zero-order valence-corrected chi connectivity index (χ0v) is 19.7. The van der Waals surface area contributed by atoms with Crippen LogP contribution in [-0.4, -0.2) is 76.8 Å². The van der Waals surface area contributed by atoms with E-state index in [2.05, 4.69) is 42.2 Å². The summed E-state index contributed by atoms with van der Waals surface area (Å²) in [6.45, 7) is 7.12. The Balaban J connectivity index is 0.00000364. The molecule has 7 heteroatoms. The van der Waals surface area contributed by atoms with Gasteiger partial charge in [0.05, 0.1) is 14.2 Å². The summed E-state index contributed by atoms with van der Waals surface area (Å²) in [6.07, 6.45) is 2.17. The van der Waals surface area contributed by atoms with Crippen LogP contribution in [0.3, 0.4) is 0 Å². The van der Waals surface area contributed by atoms with E-state index in [-0.39, 0.29) is 24.0 Å². The quantitative estimate of drug-likeness (QED) is 0.345. The Morgan fingerprint density at radius 1 is 1.30 bits per heavy atom. The van der Waals surface area contributed by atoms with E-state index in [1.165, 1.54) is 18.5 Å². The molecular weight excluding hydrogens is 455 g/mol. The van der Waals surface area contributed by atoms with Crippen LogP contribution in [0.5, 0.6) is 11.5 Å². The van der Waals surface area contributed by atoms with Crippen molar-refractivity contribution in [3.8, 4) is 11.5 Å². The van der Waals surface area contributed by atoms with E-state index in [1.54, 1.807) is 14.2 Å². The molecule has 1 saturated heterocycles. The van der Waals surface area contributed by atoms with Gasteiger partial charge in [-0.05, 0) is 57.0 Å². The second-order valence-electron chi connectivity index (χ2n) is 6.97. The summed E-state index contributed by atoms with van der Waals surface area (Å²) in [7, 11) is 7.61. The van der Waals surface area contributed by atoms with Gasteiger partial charge in [-0.1, -0.05) is 6.07 Å². The lowest BCUT2D eigenvalue weighted by molar-refractivity contribution is 0.354. The Hall–Kier alpha value is -1.22. The summed E-state index contributed by atoms with van der Waals surface area (Å²) in [5.74, 6) is 3.20. The van der Waals surface area contributed by atoms with Crippen LogP contribution in [0.15, 0.2) is 23.2 Å². The van der Waals surface area contributed by atoms with Gasteiger partial charge in [0.1, 0.15) is 0 Å². The summed E-state index contributed by atoms with van der Waals surface area (Å²) in [6, 6.07) is 6.10. The van der Waals surface area contributed by atoms with Crippen molar-refractivity contribution in [1.29, 1.82) is 0 Å². The second-order valence-corrected chi connectivity index (χ2v) is 6.97. The minimum Gasteiger partial charge on any atom is -0.493 e. The van der Waals surface area contributed by atoms with Gasteiger partial charge in [0, 0.05) is 33.2 Å². The fraction of sp³-hybridized carbons (Fsp3) is 0.650. The van der Waals surface area contributed by atoms with Crippen LogP contribution in [0.25, 0.3) is 0 Å². The molecule has 2 rings (SSSR count). The number of nitrogens with zero attached hydrogens (tertiary/aromatic N) is 3. The minimum atomic E-state index is 0. The lowest BCUT2D eigenvalue weighted by Gasteiger charge is -2.23. The number of likely N-dealkylation sites (tertiary alicyclic amines) is 1. The average molecular weight is 490 g/mol. The summed E-state index contributed by atoms with van der Waals surface area (Å²) < 4.78 is 10.7. The molecule has 154 valence electrons. The number of methoxy groups -OCH3 is 2. The largest absolute Gasteiger partial charge is 0.493 e. The number of benzene rings is 1. The van der Waals surface area contributed by atoms with Crippen molar-refractivity contribution < 1.29 is 9.47 Å². The first kappa shape index (κ1) is 23.8. The van der Waals surface area contributed by atoms with Crippen LogP contribution in [-0.2, 0) is 6.42 Å². The first-order valence-electron chi connectivity index (χ1n) is 9.46. The van der Waals surface area contributed by atoms with Gasteiger partial charge < -0.3 is 24.6 Å². The van der Waals surface area contributed by atoms with Crippen molar-refractivity contribution in [3.05, 3.63) is 23.8 Å². The Bertz CT molecular complexity index is 597. The van der Waals surface area contributed by atoms with Gasteiger partial charge in [0.2, 0.25) is 0 Å². The van der Waals surface area contributed by atoms with Gasteiger partial charge >= 0.3 is 0 Å². The number of aliphatic imine (C=N–C) groups is 1. The van der Waals surface area contributed by atoms with Crippen LogP contribution >= 0.6 is 24.0 Å². The van der Waals surface area contributed by atoms with E-state index in [4.69, 9.17) is 14.5 Å². The Labute approximate surface area is 181 Å². The predicted molar refractivity (Wildman–Crippen MR) is 123 cm³/mol. The molecule has 0 aromatic heterocycles. The smallest absolute Gasteiger partial charge is 0.193 e. The monoisotopic (exact) mass is 490 g/mol. The lowest BCUT2D eigenvalue weighted by atomic mass is 10.1. The first-order chi connectivity index (χ1) is 12.6. The van der Waals surface area contributed by atoms with E-state index in [9.17, 15) is 0 Å². The zero-order chi connectivity index (χ0) is 18.9. The van der Waals surface area contributed by atoms with Gasteiger partial charge in [-0.25, -0.2) is 0 Å². The molecular formula is C20H35IN4O2. The van der Waals surface area contributed by atoms with Crippen LogP contribution in [0, 0.1) is 5.92 Å². The minimum absolute atomic E-state index is 0. The Morgan fingerprint density at radius 3 is 2.63 bits per heavy atom. The van der Waals surface area contributed by atoms with Crippen molar-refractivity contribution in [2.75, 3.05) is 61.0 Å². The van der Waals surface area contributed by atoms with Crippen molar-refractivity contribution >= 4 is 29.9 Å². The highest BCUT2D eigenvalue weighted by Crippen LogP contribution is 2.27. The number of guanidine groups is 1. The number of hydrogen-bond donors (Lipinski definition) is 1. The normalized spacial score (nSPS) is 17.4. The molecule has 1 atom stereocenters. The average Bonchev–Trinajstić information content (AvgIpc) is 3.08. The topological polar surface area (TPSA) is 49.3 Å². The predicted octanol–water partition coefficient (Wildman–Crippen LogP) is 2.71. The molecule has 27 heavy (non-hydrogen) atoms. The van der Waals surface area contributed by atoms with Gasteiger partial charge in [-0.3, -0.25) is 4.99 Å². The van der Waals surface area contributed by atoms with E-state index >= 15 is 0 Å². The fourth-order valence-corrected chi connectivity index (χ4v) is 3.30. The second kappa shape index (κ2) is 12.3. The molecule has 1 fully saturated rings. The van der Waals surface area contributed by atoms with Crippen LogP contribution in [0.4, 0.5) is 0 Å². The van der Waals surface area contributed by atoms with Crippen LogP contribution < -0.4 is 14.8 Å². The van der Waals surface area contributed by atoms with Crippen LogP contribution in [0.1, 0.15) is 18.9 Å². The van der Waals surface area contributed by atoms with E-state index < -0.39 is 0 Å². The third kappa shape index (κ3) is 7.37. The van der Waals surface area contributed by atoms with Crippen molar-refractivity contribution in [2.45, 2.75) is 19.8 Å². The highest BCUT2D eigenvalue weighted by atomic mass is 127. The molecule has 1 aliphatic heterocycles. The molecule has 0 spiro atoms. The van der Waals surface area contributed by atoms with Gasteiger partial charge in [-0.15, -0.1) is 24.0 Å². The van der Waals surface area contributed by atoms with Crippen molar-refractivity contribution in [1.82, 2.24) is 15.1 Å². The molecule has 1 aromatic rings. The van der Waals surface area contributed by atoms with Crippen molar-refractivity contribution in [2.24, 2.45) is 10.9 Å². The molecule has 1 aliphatic rings. The maximum absolute atomic E-state index is 5.40. The van der Waals surface area contributed by atoms with Gasteiger partial charge in [0.15, 0.2) is 17.5 Å². The molecule has 0 bridgehead atoms. The molecule has 0 amide bonds. The summed E-state index contributed by atoms with van der Waals surface area (Å²) in [5, 5.41) is 3.41. The summed E-state index contributed by atoms with van der Waals surface area (Å²) >= 11 is 0. The zero-order valence-electron chi connectivity index (χ0n) is 17.3. The van der Waals surface area contributed by atoms with E-state index in [0.717, 1.165) is 50.1 Å². The molecule has 1 heterocycles. The molecule has 0 aliphatic carbocycles. The Morgan fingerprint density at radius 2 is 2.04 bits per heavy atom. The summed E-state index contributed by atoms with van der Waals surface area (Å²) in [4.78, 5) is 9.45. The number of hydrogen-bond acceptors (Lipinski definition) is 4. The molecule has 0 radical (unpaired) electrons. The standard InChI is InChI=1S/C20H34N4O2.HI/c1-6-21-20(22-14-17-9-11-23(2)15-17)24(3)12-10-16-7-8-18(25-4)19(13-16)26-5;/h7-8,13,17H,6,9-12,14-15H2,1-5H3,(H,21,22);1H. The van der Waals surface area contributed by atoms with Gasteiger partial charge in [0.25, 0.3) is 0 Å². The number of ether oxygens (including phenoxy) is 2. The number of halogens is 1. The number of likely N-dealkylation sites (N-methyl/N-ethyl adjacent to an activating group) is 1. The molecule has 1 aromatic carbocycles. The number of nitrogens with one attached hydrogen (secondary N) is 1. The molecule has 1 unspecified atom stereocenters. The molecule has 1 N–H and O–H groups in total. The highest BCUT2D eigenvalue weighted by molar-refractivity contribution is 14.0. The third-order valence-electron chi connectivity index (χ3n) is 4.87. The van der Waals surface area contributed by atoms with Crippen LogP contribution in [0.2, 0.25) is 0 Å². The maximum Gasteiger partial charge on any atom is 0.193 e. The third-order valence-corrected chi connectivity index (χ3v) is 4.87. The van der Waals surface area contributed by atoms with Crippen molar-refractivity contribution in [3.63, 3.8) is 0 Å². The Kier molecular flexibility index (Phi) is 10.8. The SMILES string of the molecule is CCNC(=NCC1CCN(C)C1)N(C)CCc1ccc(OC)c(OC)c1.I. The first-order valence-corrected chi connectivity index (χ1v) is 9.46. The molecule has 6 nitrogen and oxygen atoms in total. The lowest BCUT2D eigenvalue weighted by Crippen LogP contribution is -2.40. The number of rotatable bonds is 8. The van der Waals surface area contributed by atoms with Gasteiger partial charge in [-0.2, -0.15) is 0 Å².